The highest BCUT2D eigenvalue weighted by Gasteiger charge is 2.19. The molecule has 0 spiro atoms. The maximum Gasteiger partial charge on any atom is 0.242 e. The highest BCUT2D eigenvalue weighted by molar-refractivity contribution is 7.89. The molecule has 0 saturated heterocycles. The lowest BCUT2D eigenvalue weighted by atomic mass is 10.2. The SMILES string of the molecule is Cc1cccc(N)c1S(=O)(=O)NCCN(C)C. The van der Waals surface area contributed by atoms with E-state index in [-0.39, 0.29) is 10.6 Å². The van der Waals surface area contributed by atoms with Crippen molar-refractivity contribution in [1.29, 1.82) is 0 Å². The molecular weight excluding hydrogens is 238 g/mol. The van der Waals surface area contributed by atoms with Crippen LogP contribution in [0, 0.1) is 6.92 Å². The molecule has 0 bridgehead atoms. The van der Waals surface area contributed by atoms with Crippen molar-refractivity contribution >= 4 is 15.7 Å². The fourth-order valence-corrected chi connectivity index (χ4v) is 2.89. The molecule has 0 radical (unpaired) electrons. The number of anilines is 1. The van der Waals surface area contributed by atoms with E-state index in [1.165, 1.54) is 0 Å². The van der Waals surface area contributed by atoms with E-state index in [0.717, 1.165) is 0 Å². The molecule has 0 heterocycles. The van der Waals surface area contributed by atoms with Crippen molar-refractivity contribution in [2.45, 2.75) is 11.8 Å². The molecule has 0 unspecified atom stereocenters. The van der Waals surface area contributed by atoms with Gasteiger partial charge in [0.1, 0.15) is 4.90 Å². The van der Waals surface area contributed by atoms with E-state index in [1.54, 1.807) is 25.1 Å². The molecule has 0 fully saturated rings. The fraction of sp³-hybridized carbons (Fsp3) is 0.455. The van der Waals surface area contributed by atoms with Gasteiger partial charge in [0.2, 0.25) is 10.0 Å². The molecule has 96 valence electrons. The van der Waals surface area contributed by atoms with Gasteiger partial charge in [0.05, 0.1) is 5.69 Å². The van der Waals surface area contributed by atoms with Crippen LogP contribution in [-0.4, -0.2) is 40.5 Å². The number of nitrogens with zero attached hydrogens (tertiary/aromatic N) is 1. The molecule has 0 amide bonds. The molecule has 0 atom stereocenters. The van der Waals surface area contributed by atoms with Crippen LogP contribution in [0.2, 0.25) is 0 Å². The summed E-state index contributed by atoms with van der Waals surface area (Å²) in [4.78, 5) is 2.09. The Morgan fingerprint density at radius 2 is 2.00 bits per heavy atom. The number of nitrogens with two attached hydrogens (primary N) is 1. The minimum absolute atomic E-state index is 0.179. The van der Waals surface area contributed by atoms with Crippen LogP contribution < -0.4 is 10.5 Å². The van der Waals surface area contributed by atoms with Gasteiger partial charge in [-0.2, -0.15) is 0 Å². The lowest BCUT2D eigenvalue weighted by Gasteiger charge is -2.13. The van der Waals surface area contributed by atoms with Crippen molar-refractivity contribution in [3.8, 4) is 0 Å². The van der Waals surface area contributed by atoms with Gasteiger partial charge in [-0.1, -0.05) is 12.1 Å². The van der Waals surface area contributed by atoms with Gasteiger partial charge in [-0.15, -0.1) is 0 Å². The zero-order valence-corrected chi connectivity index (χ0v) is 11.2. The first-order valence-electron chi connectivity index (χ1n) is 5.34. The third-order valence-electron chi connectivity index (χ3n) is 2.36. The normalized spacial score (nSPS) is 12.0. The second-order valence-electron chi connectivity index (χ2n) is 4.19. The van der Waals surface area contributed by atoms with Crippen LogP contribution in [0.5, 0.6) is 0 Å². The van der Waals surface area contributed by atoms with Crippen LogP contribution >= 0.6 is 0 Å². The topological polar surface area (TPSA) is 75.4 Å². The monoisotopic (exact) mass is 257 g/mol. The molecule has 17 heavy (non-hydrogen) atoms. The predicted octanol–water partition coefficient (Wildman–Crippen LogP) is 0.417. The molecule has 6 heteroatoms. The third-order valence-corrected chi connectivity index (χ3v) is 4.04. The van der Waals surface area contributed by atoms with Crippen molar-refractivity contribution in [3.63, 3.8) is 0 Å². The summed E-state index contributed by atoms with van der Waals surface area (Å²) in [6, 6.07) is 5.06. The highest BCUT2D eigenvalue weighted by Crippen LogP contribution is 2.21. The Hall–Kier alpha value is -1.11. The van der Waals surface area contributed by atoms with E-state index < -0.39 is 10.0 Å². The smallest absolute Gasteiger partial charge is 0.242 e. The van der Waals surface area contributed by atoms with Crippen LogP contribution in [0.15, 0.2) is 23.1 Å². The average molecular weight is 257 g/mol. The predicted molar refractivity (Wildman–Crippen MR) is 69.3 cm³/mol. The second kappa shape index (κ2) is 5.48. The van der Waals surface area contributed by atoms with Crippen molar-refractivity contribution < 1.29 is 8.42 Å². The summed E-state index contributed by atoms with van der Waals surface area (Å²) < 4.78 is 26.6. The Morgan fingerprint density at radius 3 is 2.53 bits per heavy atom. The third kappa shape index (κ3) is 3.69. The quantitative estimate of drug-likeness (QED) is 0.750. The molecule has 0 aliphatic rings. The van der Waals surface area contributed by atoms with Crippen LogP contribution in [0.25, 0.3) is 0 Å². The first kappa shape index (κ1) is 14.0. The summed E-state index contributed by atoms with van der Waals surface area (Å²) >= 11 is 0. The van der Waals surface area contributed by atoms with Gasteiger partial charge in [0.15, 0.2) is 0 Å². The minimum atomic E-state index is -3.52. The van der Waals surface area contributed by atoms with E-state index in [2.05, 4.69) is 4.72 Å². The standard InChI is InChI=1S/C11H19N3O2S/c1-9-5-4-6-10(12)11(9)17(15,16)13-7-8-14(2)3/h4-6,13H,7-8,12H2,1-3H3. The lowest BCUT2D eigenvalue weighted by Crippen LogP contribution is -2.32. The van der Waals surface area contributed by atoms with Crippen molar-refractivity contribution in [1.82, 2.24) is 9.62 Å². The lowest BCUT2D eigenvalue weighted by molar-refractivity contribution is 0.412. The number of sulfonamides is 1. The van der Waals surface area contributed by atoms with E-state index in [1.807, 2.05) is 19.0 Å². The molecule has 0 aliphatic carbocycles. The number of benzene rings is 1. The summed E-state index contributed by atoms with van der Waals surface area (Å²) in [6.07, 6.45) is 0. The first-order chi connectivity index (χ1) is 7.84. The van der Waals surface area contributed by atoms with Crippen LogP contribution in [-0.2, 0) is 10.0 Å². The van der Waals surface area contributed by atoms with Crippen LogP contribution in [0.1, 0.15) is 5.56 Å². The Kier molecular flexibility index (Phi) is 4.50. The van der Waals surface area contributed by atoms with Crippen LogP contribution in [0.3, 0.4) is 0 Å². The van der Waals surface area contributed by atoms with Gasteiger partial charge in [-0.25, -0.2) is 13.1 Å². The Balaban J connectivity index is 2.90. The average Bonchev–Trinajstić information content (AvgIpc) is 2.15. The Bertz CT molecular complexity index is 463. The number of nitrogens with one attached hydrogen (secondary N) is 1. The van der Waals surface area contributed by atoms with Gasteiger partial charge >= 0.3 is 0 Å². The second-order valence-corrected chi connectivity index (χ2v) is 5.90. The van der Waals surface area contributed by atoms with E-state index in [9.17, 15) is 8.42 Å². The summed E-state index contributed by atoms with van der Waals surface area (Å²) in [5.74, 6) is 0. The van der Waals surface area contributed by atoms with Crippen molar-refractivity contribution in [3.05, 3.63) is 23.8 Å². The van der Waals surface area contributed by atoms with Gasteiger partial charge < -0.3 is 10.6 Å². The van der Waals surface area contributed by atoms with Gasteiger partial charge in [-0.05, 0) is 32.6 Å². The minimum Gasteiger partial charge on any atom is -0.398 e. The zero-order chi connectivity index (χ0) is 13.1. The summed E-state index contributed by atoms with van der Waals surface area (Å²) in [5.41, 5.74) is 6.64. The number of hydrogen-bond donors (Lipinski definition) is 2. The maximum atomic E-state index is 12.0. The van der Waals surface area contributed by atoms with Crippen molar-refractivity contribution in [2.75, 3.05) is 32.9 Å². The molecule has 1 aromatic carbocycles. The summed E-state index contributed by atoms with van der Waals surface area (Å²) in [5, 5.41) is 0. The maximum absolute atomic E-state index is 12.0. The van der Waals surface area contributed by atoms with Gasteiger partial charge in [0.25, 0.3) is 0 Å². The number of rotatable bonds is 5. The van der Waals surface area contributed by atoms with E-state index >= 15 is 0 Å². The zero-order valence-electron chi connectivity index (χ0n) is 10.4. The first-order valence-corrected chi connectivity index (χ1v) is 6.82. The fourth-order valence-electron chi connectivity index (χ4n) is 1.52. The van der Waals surface area contributed by atoms with E-state index in [0.29, 0.717) is 18.7 Å². The molecule has 0 saturated carbocycles. The van der Waals surface area contributed by atoms with Crippen molar-refractivity contribution in [2.24, 2.45) is 0 Å². The molecule has 1 aromatic rings. The number of aryl methyl sites for hydroxylation is 1. The van der Waals surface area contributed by atoms with Gasteiger partial charge in [-0.3, -0.25) is 0 Å². The molecule has 3 N–H and O–H groups in total. The molecule has 5 nitrogen and oxygen atoms in total. The number of hydrogen-bond acceptors (Lipinski definition) is 4. The molecule has 1 rings (SSSR count). The highest BCUT2D eigenvalue weighted by atomic mass is 32.2. The molecular formula is C11H19N3O2S. The van der Waals surface area contributed by atoms with Gasteiger partial charge in [0, 0.05) is 13.1 Å². The largest absolute Gasteiger partial charge is 0.398 e. The summed E-state index contributed by atoms with van der Waals surface area (Å²) in [7, 11) is 0.252. The Morgan fingerprint density at radius 1 is 1.35 bits per heavy atom. The van der Waals surface area contributed by atoms with Crippen LogP contribution in [0.4, 0.5) is 5.69 Å². The number of likely N-dealkylation sites (N-methyl/N-ethyl adjacent to an activating group) is 1. The Labute approximate surface area is 103 Å². The molecule has 0 aliphatic heterocycles. The van der Waals surface area contributed by atoms with E-state index in [4.69, 9.17) is 5.73 Å². The summed E-state index contributed by atoms with van der Waals surface area (Å²) in [6.45, 7) is 2.74. The molecule has 0 aromatic heterocycles. The number of nitrogen functional groups attached to an aromatic ring is 1.